The minimum Gasteiger partial charge on any atom is -0.465 e. The lowest BCUT2D eigenvalue weighted by atomic mass is 10.2. The quantitative estimate of drug-likeness (QED) is 0.679. The zero-order valence-corrected chi connectivity index (χ0v) is 7.17. The Bertz CT molecular complexity index is 204. The molecule has 1 atom stereocenters. The first-order chi connectivity index (χ1) is 5.91. The fraction of sp³-hybridized carbons (Fsp3) is 0.857. The number of halogens is 2. The summed E-state index contributed by atoms with van der Waals surface area (Å²) in [7, 11) is 0. The monoisotopic (exact) mass is 195 g/mol. The van der Waals surface area contributed by atoms with E-state index >= 15 is 0 Å². The molecule has 0 radical (unpaired) electrons. The van der Waals surface area contributed by atoms with Gasteiger partial charge in [-0.3, -0.25) is 0 Å². The SMILES string of the molecule is CC(F)(F)C1CN(C(=O)O)CCO1. The van der Waals surface area contributed by atoms with Gasteiger partial charge in [0.25, 0.3) is 5.92 Å². The number of nitrogens with zero attached hydrogens (tertiary/aromatic N) is 1. The van der Waals surface area contributed by atoms with Crippen molar-refractivity contribution in [1.29, 1.82) is 0 Å². The molecule has 6 heteroatoms. The third-order valence-electron chi connectivity index (χ3n) is 1.90. The lowest BCUT2D eigenvalue weighted by molar-refractivity contribution is -0.151. The normalized spacial score (nSPS) is 24.5. The summed E-state index contributed by atoms with van der Waals surface area (Å²) in [4.78, 5) is 11.4. The van der Waals surface area contributed by atoms with Crippen molar-refractivity contribution in [2.24, 2.45) is 0 Å². The average molecular weight is 195 g/mol. The summed E-state index contributed by atoms with van der Waals surface area (Å²) in [5, 5.41) is 8.55. The first kappa shape index (κ1) is 10.2. The number of alkyl halides is 2. The van der Waals surface area contributed by atoms with Gasteiger partial charge >= 0.3 is 6.09 Å². The molecule has 1 N–H and O–H groups in total. The van der Waals surface area contributed by atoms with Crippen LogP contribution in [0, 0.1) is 0 Å². The molecule has 0 aliphatic carbocycles. The van der Waals surface area contributed by atoms with Crippen LogP contribution in [0.2, 0.25) is 0 Å². The maximum Gasteiger partial charge on any atom is 0.407 e. The van der Waals surface area contributed by atoms with Gasteiger partial charge in [-0.05, 0) is 0 Å². The average Bonchev–Trinajstić information content (AvgIpc) is 2.03. The molecule has 1 heterocycles. The fourth-order valence-corrected chi connectivity index (χ4v) is 1.13. The Balaban J connectivity index is 2.57. The maximum absolute atomic E-state index is 12.7. The molecule has 0 spiro atoms. The fourth-order valence-electron chi connectivity index (χ4n) is 1.13. The van der Waals surface area contributed by atoms with Crippen LogP contribution in [-0.4, -0.2) is 47.8 Å². The smallest absolute Gasteiger partial charge is 0.407 e. The number of carbonyl (C=O) groups is 1. The van der Waals surface area contributed by atoms with Crippen LogP contribution in [0.4, 0.5) is 13.6 Å². The van der Waals surface area contributed by atoms with Gasteiger partial charge in [0.1, 0.15) is 6.10 Å². The van der Waals surface area contributed by atoms with E-state index in [2.05, 4.69) is 0 Å². The van der Waals surface area contributed by atoms with Gasteiger partial charge in [0.15, 0.2) is 0 Å². The molecule has 1 aliphatic rings. The van der Waals surface area contributed by atoms with Crippen molar-refractivity contribution in [3.8, 4) is 0 Å². The van der Waals surface area contributed by atoms with Crippen LogP contribution in [0.25, 0.3) is 0 Å². The van der Waals surface area contributed by atoms with E-state index in [1.165, 1.54) is 0 Å². The maximum atomic E-state index is 12.7. The Hall–Kier alpha value is -0.910. The molecule has 1 saturated heterocycles. The zero-order valence-electron chi connectivity index (χ0n) is 7.17. The van der Waals surface area contributed by atoms with E-state index in [0.29, 0.717) is 0 Å². The van der Waals surface area contributed by atoms with Gasteiger partial charge in [0.2, 0.25) is 0 Å². The molecular formula is C7H11F2NO3. The second-order valence-corrected chi connectivity index (χ2v) is 3.04. The zero-order chi connectivity index (χ0) is 10.1. The molecule has 1 rings (SSSR count). The Morgan fingerprint density at radius 1 is 1.69 bits per heavy atom. The van der Waals surface area contributed by atoms with Crippen molar-refractivity contribution in [3.05, 3.63) is 0 Å². The van der Waals surface area contributed by atoms with Gasteiger partial charge in [0.05, 0.1) is 13.2 Å². The minimum atomic E-state index is -2.99. The van der Waals surface area contributed by atoms with E-state index in [9.17, 15) is 13.6 Å². The van der Waals surface area contributed by atoms with Crippen molar-refractivity contribution < 1.29 is 23.4 Å². The van der Waals surface area contributed by atoms with Crippen molar-refractivity contribution in [1.82, 2.24) is 4.90 Å². The first-order valence-corrected chi connectivity index (χ1v) is 3.88. The van der Waals surface area contributed by atoms with Crippen LogP contribution in [0.1, 0.15) is 6.92 Å². The highest BCUT2D eigenvalue weighted by molar-refractivity contribution is 5.65. The third-order valence-corrected chi connectivity index (χ3v) is 1.90. The molecule has 0 saturated carbocycles. The van der Waals surface area contributed by atoms with Crippen molar-refractivity contribution in [3.63, 3.8) is 0 Å². The second-order valence-electron chi connectivity index (χ2n) is 3.04. The van der Waals surface area contributed by atoms with Gasteiger partial charge in [0, 0.05) is 13.5 Å². The number of rotatable bonds is 1. The van der Waals surface area contributed by atoms with E-state index in [4.69, 9.17) is 9.84 Å². The summed E-state index contributed by atoms with van der Waals surface area (Å²) < 4.78 is 30.2. The van der Waals surface area contributed by atoms with Crippen LogP contribution >= 0.6 is 0 Å². The third kappa shape index (κ3) is 2.51. The molecule has 0 bridgehead atoms. The van der Waals surface area contributed by atoms with E-state index in [1.807, 2.05) is 0 Å². The van der Waals surface area contributed by atoms with E-state index < -0.39 is 18.1 Å². The van der Waals surface area contributed by atoms with Crippen molar-refractivity contribution in [2.45, 2.75) is 19.0 Å². The van der Waals surface area contributed by atoms with Gasteiger partial charge in [-0.25, -0.2) is 13.6 Å². The number of carboxylic acid groups (broad SMARTS) is 1. The van der Waals surface area contributed by atoms with Crippen molar-refractivity contribution in [2.75, 3.05) is 19.7 Å². The standard InChI is InChI=1S/C7H11F2NO3/c1-7(8,9)5-4-10(6(11)12)2-3-13-5/h5H,2-4H2,1H3,(H,11,12). The van der Waals surface area contributed by atoms with Crippen LogP contribution in [0.5, 0.6) is 0 Å². The lowest BCUT2D eigenvalue weighted by Gasteiger charge is -2.33. The molecule has 1 amide bonds. The molecule has 1 aliphatic heterocycles. The summed E-state index contributed by atoms with van der Waals surface area (Å²) in [5.41, 5.74) is 0. The summed E-state index contributed by atoms with van der Waals surface area (Å²) in [5.74, 6) is -2.99. The predicted molar refractivity (Wildman–Crippen MR) is 40.0 cm³/mol. The number of amides is 1. The molecule has 0 aromatic rings. The molecule has 1 unspecified atom stereocenters. The Morgan fingerprint density at radius 2 is 2.31 bits per heavy atom. The van der Waals surface area contributed by atoms with Gasteiger partial charge in [-0.1, -0.05) is 0 Å². The predicted octanol–water partition coefficient (Wildman–Crippen LogP) is 1.02. The molecule has 4 nitrogen and oxygen atoms in total. The Kier molecular flexibility index (Phi) is 2.70. The topological polar surface area (TPSA) is 49.8 Å². The van der Waals surface area contributed by atoms with Crippen molar-refractivity contribution >= 4 is 6.09 Å². The molecule has 1 fully saturated rings. The molecular weight excluding hydrogens is 184 g/mol. The summed E-state index contributed by atoms with van der Waals surface area (Å²) in [6.45, 7) is 0.643. The minimum absolute atomic E-state index is 0.0282. The summed E-state index contributed by atoms with van der Waals surface area (Å²) >= 11 is 0. The number of hydrogen-bond acceptors (Lipinski definition) is 2. The number of hydrogen-bond donors (Lipinski definition) is 1. The molecule has 0 aromatic carbocycles. The lowest BCUT2D eigenvalue weighted by Crippen LogP contribution is -2.51. The summed E-state index contributed by atoms with van der Waals surface area (Å²) in [6, 6.07) is 0. The molecule has 76 valence electrons. The first-order valence-electron chi connectivity index (χ1n) is 3.88. The van der Waals surface area contributed by atoms with Gasteiger partial charge in [-0.2, -0.15) is 0 Å². The highest BCUT2D eigenvalue weighted by Gasteiger charge is 2.39. The largest absolute Gasteiger partial charge is 0.465 e. The second kappa shape index (κ2) is 3.45. The van der Waals surface area contributed by atoms with Gasteiger partial charge < -0.3 is 14.7 Å². The number of morpholine rings is 1. The molecule has 0 aromatic heterocycles. The van der Waals surface area contributed by atoms with Crippen LogP contribution in [0.15, 0.2) is 0 Å². The number of ether oxygens (including phenoxy) is 1. The van der Waals surface area contributed by atoms with Gasteiger partial charge in [-0.15, -0.1) is 0 Å². The molecule has 13 heavy (non-hydrogen) atoms. The van der Waals surface area contributed by atoms with Crippen LogP contribution in [-0.2, 0) is 4.74 Å². The van der Waals surface area contributed by atoms with Crippen LogP contribution < -0.4 is 0 Å². The van der Waals surface area contributed by atoms with Crippen LogP contribution in [0.3, 0.4) is 0 Å². The Morgan fingerprint density at radius 3 is 2.77 bits per heavy atom. The highest BCUT2D eigenvalue weighted by atomic mass is 19.3. The van der Waals surface area contributed by atoms with E-state index in [0.717, 1.165) is 11.8 Å². The highest BCUT2D eigenvalue weighted by Crippen LogP contribution is 2.23. The summed E-state index contributed by atoms with van der Waals surface area (Å²) in [6.07, 6.45) is -2.50. The Labute approximate surface area is 74.1 Å². The van der Waals surface area contributed by atoms with E-state index in [-0.39, 0.29) is 19.7 Å². The van der Waals surface area contributed by atoms with E-state index in [1.54, 1.807) is 0 Å².